The lowest BCUT2D eigenvalue weighted by Crippen LogP contribution is -2.38. The Balaban J connectivity index is 1.66. The predicted octanol–water partition coefficient (Wildman–Crippen LogP) is 3.99. The van der Waals surface area contributed by atoms with Crippen molar-refractivity contribution < 1.29 is 9.53 Å². The summed E-state index contributed by atoms with van der Waals surface area (Å²) in [5, 5.41) is 0. The molecule has 2 aliphatic rings. The number of esters is 1. The Morgan fingerprint density at radius 3 is 2.50 bits per heavy atom. The fourth-order valence-corrected chi connectivity index (χ4v) is 4.27. The van der Waals surface area contributed by atoms with E-state index in [9.17, 15) is 4.79 Å². The zero-order valence-corrected chi connectivity index (χ0v) is 12.7. The smallest absolute Gasteiger partial charge is 0.310 e. The van der Waals surface area contributed by atoms with Gasteiger partial charge >= 0.3 is 5.97 Å². The maximum atomic E-state index is 12.2. The SMILES string of the molecule is CC1(C)C2CC[C@]1(C)C(OC(=O)Cc1ccccc1)C2. The molecule has 1 aromatic rings. The third-order valence-corrected chi connectivity index (χ3v) is 6.18. The van der Waals surface area contributed by atoms with Crippen LogP contribution in [0.2, 0.25) is 0 Å². The van der Waals surface area contributed by atoms with Crippen LogP contribution >= 0.6 is 0 Å². The first-order valence-corrected chi connectivity index (χ1v) is 7.67. The molecule has 2 heteroatoms. The van der Waals surface area contributed by atoms with Crippen molar-refractivity contribution in [3.05, 3.63) is 35.9 Å². The minimum absolute atomic E-state index is 0.0780. The number of hydrogen-bond acceptors (Lipinski definition) is 2. The molecule has 0 spiro atoms. The van der Waals surface area contributed by atoms with Gasteiger partial charge in [-0.1, -0.05) is 51.1 Å². The Morgan fingerprint density at radius 1 is 1.25 bits per heavy atom. The number of ether oxygens (including phenoxy) is 1. The number of fused-ring (bicyclic) bond motifs is 2. The van der Waals surface area contributed by atoms with Crippen molar-refractivity contribution in [2.45, 2.75) is 52.6 Å². The van der Waals surface area contributed by atoms with Gasteiger partial charge in [0.05, 0.1) is 6.42 Å². The molecule has 3 atom stereocenters. The van der Waals surface area contributed by atoms with Crippen molar-refractivity contribution in [2.75, 3.05) is 0 Å². The molecule has 2 saturated carbocycles. The highest BCUT2D eigenvalue weighted by Crippen LogP contribution is 2.66. The molecular formula is C18H24O2. The van der Waals surface area contributed by atoms with Crippen molar-refractivity contribution in [3.63, 3.8) is 0 Å². The van der Waals surface area contributed by atoms with Gasteiger partial charge in [0.1, 0.15) is 6.10 Å². The number of carbonyl (C=O) groups excluding carboxylic acids is 1. The molecule has 20 heavy (non-hydrogen) atoms. The van der Waals surface area contributed by atoms with Crippen molar-refractivity contribution >= 4 is 5.97 Å². The van der Waals surface area contributed by atoms with E-state index < -0.39 is 0 Å². The van der Waals surface area contributed by atoms with Gasteiger partial charge in [-0.05, 0) is 36.2 Å². The lowest BCUT2D eigenvalue weighted by atomic mass is 9.70. The summed E-state index contributed by atoms with van der Waals surface area (Å²) in [5.74, 6) is 0.632. The van der Waals surface area contributed by atoms with Gasteiger partial charge in [-0.2, -0.15) is 0 Å². The second-order valence-electron chi connectivity index (χ2n) is 7.25. The average Bonchev–Trinajstić information content (AvgIpc) is 2.73. The van der Waals surface area contributed by atoms with Crippen molar-refractivity contribution in [3.8, 4) is 0 Å². The molecule has 108 valence electrons. The maximum Gasteiger partial charge on any atom is 0.310 e. The van der Waals surface area contributed by atoms with Crippen molar-refractivity contribution in [1.82, 2.24) is 0 Å². The van der Waals surface area contributed by atoms with Crippen LogP contribution in [0.3, 0.4) is 0 Å². The molecule has 2 aliphatic carbocycles. The minimum atomic E-state index is -0.0780. The molecule has 1 aromatic carbocycles. The maximum absolute atomic E-state index is 12.2. The minimum Gasteiger partial charge on any atom is -0.462 e. The van der Waals surface area contributed by atoms with E-state index in [0.29, 0.717) is 17.8 Å². The Bertz CT molecular complexity index is 505. The molecule has 3 rings (SSSR count). The zero-order valence-electron chi connectivity index (χ0n) is 12.7. The second kappa shape index (κ2) is 4.61. The summed E-state index contributed by atoms with van der Waals surface area (Å²) in [6, 6.07) is 9.85. The fraction of sp³-hybridized carbons (Fsp3) is 0.611. The Hall–Kier alpha value is -1.31. The van der Waals surface area contributed by atoms with Gasteiger partial charge in [-0.15, -0.1) is 0 Å². The summed E-state index contributed by atoms with van der Waals surface area (Å²) in [6.45, 7) is 6.99. The van der Waals surface area contributed by atoms with Gasteiger partial charge in [0.15, 0.2) is 0 Å². The van der Waals surface area contributed by atoms with Crippen molar-refractivity contribution in [2.24, 2.45) is 16.7 Å². The predicted molar refractivity (Wildman–Crippen MR) is 79.3 cm³/mol. The van der Waals surface area contributed by atoms with E-state index in [4.69, 9.17) is 4.74 Å². The number of rotatable bonds is 3. The number of hydrogen-bond donors (Lipinski definition) is 0. The van der Waals surface area contributed by atoms with Gasteiger partial charge in [-0.25, -0.2) is 0 Å². The van der Waals surface area contributed by atoms with Crippen LogP contribution in [0.1, 0.15) is 45.6 Å². The Morgan fingerprint density at radius 2 is 1.95 bits per heavy atom. The van der Waals surface area contributed by atoms with E-state index in [1.807, 2.05) is 30.3 Å². The van der Waals surface area contributed by atoms with Crippen LogP contribution in [0.25, 0.3) is 0 Å². The molecule has 0 amide bonds. The third kappa shape index (κ3) is 1.97. The lowest BCUT2D eigenvalue weighted by Gasteiger charge is -2.38. The topological polar surface area (TPSA) is 26.3 Å². The van der Waals surface area contributed by atoms with E-state index in [-0.39, 0.29) is 17.5 Å². The van der Waals surface area contributed by atoms with Crippen molar-refractivity contribution in [1.29, 1.82) is 0 Å². The van der Waals surface area contributed by atoms with E-state index in [2.05, 4.69) is 20.8 Å². The monoisotopic (exact) mass is 272 g/mol. The molecule has 2 unspecified atom stereocenters. The van der Waals surface area contributed by atoms with Gasteiger partial charge in [0.2, 0.25) is 0 Å². The molecule has 2 bridgehead atoms. The van der Waals surface area contributed by atoms with E-state index in [1.54, 1.807) is 0 Å². The quantitative estimate of drug-likeness (QED) is 0.778. The van der Waals surface area contributed by atoms with Crippen LogP contribution in [0.15, 0.2) is 30.3 Å². The Labute approximate surface area is 121 Å². The van der Waals surface area contributed by atoms with E-state index >= 15 is 0 Å². The molecular weight excluding hydrogens is 248 g/mol. The molecule has 0 heterocycles. The molecule has 0 aromatic heterocycles. The van der Waals surface area contributed by atoms with Crippen LogP contribution in [-0.4, -0.2) is 12.1 Å². The highest BCUT2D eigenvalue weighted by molar-refractivity contribution is 5.72. The van der Waals surface area contributed by atoms with Crippen LogP contribution in [-0.2, 0) is 16.0 Å². The first-order valence-electron chi connectivity index (χ1n) is 7.67. The third-order valence-electron chi connectivity index (χ3n) is 6.18. The van der Waals surface area contributed by atoms with Crippen LogP contribution < -0.4 is 0 Å². The van der Waals surface area contributed by atoms with Gasteiger partial charge < -0.3 is 4.74 Å². The number of benzene rings is 1. The summed E-state index contributed by atoms with van der Waals surface area (Å²) < 4.78 is 5.85. The van der Waals surface area contributed by atoms with Crippen LogP contribution in [0, 0.1) is 16.7 Å². The number of carbonyl (C=O) groups is 1. The first kappa shape index (κ1) is 13.7. The van der Waals surface area contributed by atoms with Gasteiger partial charge in [0, 0.05) is 5.41 Å². The highest BCUT2D eigenvalue weighted by atomic mass is 16.5. The summed E-state index contributed by atoms with van der Waals surface area (Å²) in [4.78, 5) is 12.2. The van der Waals surface area contributed by atoms with Gasteiger partial charge in [-0.3, -0.25) is 4.79 Å². The first-order chi connectivity index (χ1) is 9.43. The molecule has 2 nitrogen and oxygen atoms in total. The highest BCUT2D eigenvalue weighted by Gasteiger charge is 2.62. The zero-order chi connectivity index (χ0) is 14.4. The van der Waals surface area contributed by atoms with Crippen LogP contribution in [0.5, 0.6) is 0 Å². The van der Waals surface area contributed by atoms with E-state index in [0.717, 1.165) is 12.0 Å². The summed E-state index contributed by atoms with van der Waals surface area (Å²) in [7, 11) is 0. The van der Waals surface area contributed by atoms with Gasteiger partial charge in [0.25, 0.3) is 0 Å². The Kier molecular flexibility index (Phi) is 3.15. The molecule has 0 saturated heterocycles. The molecule has 2 fully saturated rings. The van der Waals surface area contributed by atoms with E-state index in [1.165, 1.54) is 12.8 Å². The summed E-state index contributed by atoms with van der Waals surface area (Å²) in [6.07, 6.45) is 4.01. The normalized spacial score (nSPS) is 34.1. The van der Waals surface area contributed by atoms with Crippen LogP contribution in [0.4, 0.5) is 0 Å². The fourth-order valence-electron chi connectivity index (χ4n) is 4.27. The largest absolute Gasteiger partial charge is 0.462 e. The molecule has 0 N–H and O–H groups in total. The standard InChI is InChI=1S/C18H24O2/c1-17(2)14-9-10-18(17,3)15(12-14)20-16(19)11-13-7-5-4-6-8-13/h4-8,14-15H,9-12H2,1-3H3/t14?,15?,18-/m1/s1. The lowest BCUT2D eigenvalue weighted by molar-refractivity contribution is -0.156. The summed E-state index contributed by atoms with van der Waals surface area (Å²) in [5.41, 5.74) is 1.49. The molecule has 0 radical (unpaired) electrons. The molecule has 0 aliphatic heterocycles. The summed E-state index contributed by atoms with van der Waals surface area (Å²) >= 11 is 0. The average molecular weight is 272 g/mol. The second-order valence-corrected chi connectivity index (χ2v) is 7.25.